The summed E-state index contributed by atoms with van der Waals surface area (Å²) in [6.45, 7) is 5.75. The zero-order chi connectivity index (χ0) is 15.3. The Balaban J connectivity index is 2.20. The molecular weight excluding hydrogens is 348 g/mol. The molecule has 0 saturated heterocycles. The van der Waals surface area contributed by atoms with E-state index in [1.165, 1.54) is 5.56 Å². The van der Waals surface area contributed by atoms with E-state index in [1.807, 2.05) is 6.92 Å². The molecule has 1 unspecified atom stereocenters. The van der Waals surface area contributed by atoms with Crippen LogP contribution in [0.4, 0.5) is 0 Å². The molecule has 0 aliphatic heterocycles. The number of nitrogens with zero attached hydrogens (tertiary/aromatic N) is 1. The third-order valence-electron chi connectivity index (χ3n) is 3.38. The number of benzene rings is 1. The van der Waals surface area contributed by atoms with Crippen molar-refractivity contribution in [1.82, 2.24) is 10.3 Å². The highest BCUT2D eigenvalue weighted by Gasteiger charge is 2.29. The van der Waals surface area contributed by atoms with E-state index < -0.39 is 0 Å². The molecule has 2 rings (SSSR count). The maximum Gasteiger partial charge on any atom is 0.113 e. The van der Waals surface area contributed by atoms with Crippen LogP contribution in [0.25, 0.3) is 0 Å². The van der Waals surface area contributed by atoms with E-state index in [2.05, 4.69) is 62.8 Å². The van der Waals surface area contributed by atoms with Crippen LogP contribution in [0.3, 0.4) is 0 Å². The second-order valence-corrected chi connectivity index (χ2v) is 7.12. The Bertz CT molecular complexity index is 570. The molecule has 0 spiro atoms. The topological polar surface area (TPSA) is 34.1 Å². The summed E-state index contributed by atoms with van der Waals surface area (Å²) in [6, 6.07) is 8.47. The van der Waals surface area contributed by atoms with Gasteiger partial charge in [0, 0.05) is 29.2 Å². The van der Waals surface area contributed by atoms with Crippen LogP contribution in [0.1, 0.15) is 23.2 Å². The molecular formula is C16H21BrN2OS. The van der Waals surface area contributed by atoms with Crippen LogP contribution in [0.5, 0.6) is 0 Å². The summed E-state index contributed by atoms with van der Waals surface area (Å²) >= 11 is 5.20. The monoisotopic (exact) mass is 368 g/mol. The Labute approximate surface area is 138 Å². The van der Waals surface area contributed by atoms with Gasteiger partial charge in [-0.2, -0.15) is 0 Å². The van der Waals surface area contributed by atoms with Crippen LogP contribution in [0, 0.1) is 6.92 Å². The van der Waals surface area contributed by atoms with E-state index in [9.17, 15) is 0 Å². The molecule has 1 heterocycles. The molecule has 0 radical (unpaired) electrons. The van der Waals surface area contributed by atoms with Crippen LogP contribution in [-0.4, -0.2) is 25.2 Å². The minimum Gasteiger partial charge on any atom is -0.383 e. The lowest BCUT2D eigenvalue weighted by Crippen LogP contribution is -2.43. The average Bonchev–Trinajstić information content (AvgIpc) is 2.89. The average molecular weight is 369 g/mol. The molecule has 0 aliphatic rings. The van der Waals surface area contributed by atoms with Gasteiger partial charge in [-0.25, -0.2) is 4.98 Å². The van der Waals surface area contributed by atoms with Crippen molar-refractivity contribution in [2.75, 3.05) is 20.3 Å². The third-order valence-corrected chi connectivity index (χ3v) is 5.14. The number of rotatable bonds is 7. The smallest absolute Gasteiger partial charge is 0.113 e. The summed E-state index contributed by atoms with van der Waals surface area (Å²) in [7, 11) is 1.72. The van der Waals surface area contributed by atoms with E-state index in [0.717, 1.165) is 28.1 Å². The quantitative estimate of drug-likeness (QED) is 0.752. The lowest BCUT2D eigenvalue weighted by Gasteiger charge is -2.29. The summed E-state index contributed by atoms with van der Waals surface area (Å²) in [4.78, 5) is 4.68. The Kier molecular flexibility index (Phi) is 5.93. The first-order chi connectivity index (χ1) is 10.0. The zero-order valence-electron chi connectivity index (χ0n) is 12.6. The fourth-order valence-corrected chi connectivity index (χ4v) is 3.46. The van der Waals surface area contributed by atoms with E-state index in [-0.39, 0.29) is 5.54 Å². The van der Waals surface area contributed by atoms with E-state index in [1.54, 1.807) is 18.4 Å². The largest absolute Gasteiger partial charge is 0.383 e. The van der Waals surface area contributed by atoms with Crippen LogP contribution in [0.15, 0.2) is 34.1 Å². The van der Waals surface area contributed by atoms with E-state index >= 15 is 0 Å². The molecule has 21 heavy (non-hydrogen) atoms. The first-order valence-corrected chi connectivity index (χ1v) is 8.62. The minimum atomic E-state index is -0.175. The summed E-state index contributed by atoms with van der Waals surface area (Å²) in [5.74, 6) is 0. The first kappa shape index (κ1) is 16.6. The number of hydrogen-bond donors (Lipinski definition) is 1. The van der Waals surface area contributed by atoms with Gasteiger partial charge in [-0.05, 0) is 38.0 Å². The van der Waals surface area contributed by atoms with Gasteiger partial charge in [0.2, 0.25) is 0 Å². The molecule has 0 fully saturated rings. The second-order valence-electron chi connectivity index (χ2n) is 5.35. The van der Waals surface area contributed by atoms with Crippen LogP contribution in [-0.2, 0) is 16.7 Å². The third kappa shape index (κ3) is 4.61. The molecule has 114 valence electrons. The lowest BCUT2D eigenvalue weighted by molar-refractivity contribution is 0.185. The lowest BCUT2D eigenvalue weighted by atomic mass is 9.93. The number of nitrogens with one attached hydrogen (secondary N) is 1. The first-order valence-electron chi connectivity index (χ1n) is 6.94. The van der Waals surface area contributed by atoms with Gasteiger partial charge in [0.1, 0.15) is 5.01 Å². The molecule has 1 aromatic carbocycles. The van der Waals surface area contributed by atoms with Gasteiger partial charge in [0.15, 0.2) is 0 Å². The SMILES string of the molecule is COCCNC(C)(Cc1ccc(Br)cc1)c1nc(C)cs1. The Morgan fingerprint density at radius 1 is 1.33 bits per heavy atom. The standard InChI is InChI=1S/C16H21BrN2OS/c1-12-11-21-15(19-12)16(2,18-8-9-20-3)10-13-4-6-14(17)7-5-13/h4-7,11,18H,8-10H2,1-3H3. The Morgan fingerprint density at radius 3 is 2.62 bits per heavy atom. The van der Waals surface area contributed by atoms with Gasteiger partial charge in [-0.3, -0.25) is 0 Å². The molecule has 0 saturated carbocycles. The number of thiazole rings is 1. The van der Waals surface area contributed by atoms with Gasteiger partial charge in [0.05, 0.1) is 12.1 Å². The summed E-state index contributed by atoms with van der Waals surface area (Å²) in [5, 5.41) is 6.83. The predicted molar refractivity (Wildman–Crippen MR) is 91.9 cm³/mol. The highest BCUT2D eigenvalue weighted by Crippen LogP contribution is 2.28. The van der Waals surface area contributed by atoms with Crippen LogP contribution >= 0.6 is 27.3 Å². The maximum atomic E-state index is 5.16. The molecule has 2 aromatic rings. The maximum absolute atomic E-state index is 5.16. The van der Waals surface area contributed by atoms with E-state index in [4.69, 9.17) is 4.74 Å². The van der Waals surface area contributed by atoms with Gasteiger partial charge in [0.25, 0.3) is 0 Å². The molecule has 1 N–H and O–H groups in total. The molecule has 0 amide bonds. The number of aryl methyl sites for hydroxylation is 1. The van der Waals surface area contributed by atoms with Crippen molar-refractivity contribution < 1.29 is 4.74 Å². The molecule has 1 atom stereocenters. The van der Waals surface area contributed by atoms with Crippen LogP contribution in [0.2, 0.25) is 0 Å². The summed E-state index contributed by atoms with van der Waals surface area (Å²) < 4.78 is 6.26. The number of aromatic nitrogens is 1. The number of halogens is 1. The van der Waals surface area contributed by atoms with Gasteiger partial charge >= 0.3 is 0 Å². The number of methoxy groups -OCH3 is 1. The molecule has 1 aromatic heterocycles. The van der Waals surface area contributed by atoms with Gasteiger partial charge in [-0.1, -0.05) is 28.1 Å². The normalized spacial score (nSPS) is 14.1. The Hall–Kier alpha value is -0.750. The summed E-state index contributed by atoms with van der Waals surface area (Å²) in [5.41, 5.74) is 2.19. The number of ether oxygens (including phenoxy) is 1. The fraction of sp³-hybridized carbons (Fsp3) is 0.438. The molecule has 3 nitrogen and oxygen atoms in total. The predicted octanol–water partition coefficient (Wildman–Crippen LogP) is 3.91. The molecule has 0 bridgehead atoms. The van der Waals surface area contributed by atoms with E-state index in [0.29, 0.717) is 6.61 Å². The summed E-state index contributed by atoms with van der Waals surface area (Å²) in [6.07, 6.45) is 0.900. The minimum absolute atomic E-state index is 0.175. The van der Waals surface area contributed by atoms with Crippen molar-refractivity contribution in [3.05, 3.63) is 50.4 Å². The second kappa shape index (κ2) is 7.49. The highest BCUT2D eigenvalue weighted by atomic mass is 79.9. The van der Waals surface area contributed by atoms with Crippen molar-refractivity contribution in [2.24, 2.45) is 0 Å². The van der Waals surface area contributed by atoms with Crippen molar-refractivity contribution in [3.63, 3.8) is 0 Å². The van der Waals surface area contributed by atoms with Crippen molar-refractivity contribution in [2.45, 2.75) is 25.8 Å². The fourth-order valence-electron chi connectivity index (χ4n) is 2.26. The zero-order valence-corrected chi connectivity index (χ0v) is 15.1. The van der Waals surface area contributed by atoms with Crippen molar-refractivity contribution in [1.29, 1.82) is 0 Å². The van der Waals surface area contributed by atoms with Crippen LogP contribution < -0.4 is 5.32 Å². The van der Waals surface area contributed by atoms with Crippen molar-refractivity contribution in [3.8, 4) is 0 Å². The van der Waals surface area contributed by atoms with Gasteiger partial charge < -0.3 is 10.1 Å². The highest BCUT2D eigenvalue weighted by molar-refractivity contribution is 9.10. The Morgan fingerprint density at radius 2 is 2.05 bits per heavy atom. The molecule has 5 heteroatoms. The number of hydrogen-bond acceptors (Lipinski definition) is 4. The van der Waals surface area contributed by atoms with Crippen molar-refractivity contribution >= 4 is 27.3 Å². The van der Waals surface area contributed by atoms with Gasteiger partial charge in [-0.15, -0.1) is 11.3 Å². The molecule has 0 aliphatic carbocycles.